The van der Waals surface area contributed by atoms with E-state index < -0.39 is 0 Å². The molecular formula is C20H23N5O3S. The number of furan rings is 1. The Bertz CT molecular complexity index is 998. The van der Waals surface area contributed by atoms with E-state index in [-0.39, 0.29) is 29.9 Å². The first kappa shape index (κ1) is 20.7. The quantitative estimate of drug-likeness (QED) is 0.550. The minimum Gasteiger partial charge on any atom is -0.459 e. The number of amides is 2. The van der Waals surface area contributed by atoms with Crippen LogP contribution in [0.2, 0.25) is 0 Å². The minimum absolute atomic E-state index is 0.109. The Hall–Kier alpha value is -3.07. The van der Waals surface area contributed by atoms with E-state index in [2.05, 4.69) is 20.8 Å². The molecule has 2 amide bonds. The smallest absolute Gasteiger partial charge is 0.287 e. The summed E-state index contributed by atoms with van der Waals surface area (Å²) in [6.45, 7) is 6.75. The molecule has 0 saturated heterocycles. The van der Waals surface area contributed by atoms with Crippen molar-refractivity contribution in [2.45, 2.75) is 39.0 Å². The predicted octanol–water partition coefficient (Wildman–Crippen LogP) is 3.17. The number of aryl methyl sites for hydroxylation is 2. The highest BCUT2D eigenvalue weighted by molar-refractivity contribution is 7.99. The Kier molecular flexibility index (Phi) is 6.71. The topological polar surface area (TPSA) is 102 Å². The molecule has 0 aliphatic carbocycles. The Morgan fingerprint density at radius 1 is 1.21 bits per heavy atom. The number of nitrogens with one attached hydrogen (secondary N) is 2. The zero-order chi connectivity index (χ0) is 20.8. The van der Waals surface area contributed by atoms with Crippen LogP contribution in [0.25, 0.3) is 0 Å². The van der Waals surface area contributed by atoms with Gasteiger partial charge in [0.2, 0.25) is 5.91 Å². The molecular weight excluding hydrogens is 390 g/mol. The molecule has 3 rings (SSSR count). The zero-order valence-electron chi connectivity index (χ0n) is 16.6. The molecule has 0 spiro atoms. The molecule has 3 aromatic rings. The number of nitrogens with zero attached hydrogens (tertiary/aromatic N) is 3. The Labute approximate surface area is 173 Å². The molecule has 0 aliphatic rings. The highest BCUT2D eigenvalue weighted by Crippen LogP contribution is 2.20. The number of anilines is 1. The highest BCUT2D eigenvalue weighted by Gasteiger charge is 2.15. The van der Waals surface area contributed by atoms with E-state index in [0.29, 0.717) is 17.5 Å². The van der Waals surface area contributed by atoms with Gasteiger partial charge < -0.3 is 19.6 Å². The average molecular weight is 414 g/mol. The summed E-state index contributed by atoms with van der Waals surface area (Å²) in [5, 5.41) is 14.6. The fourth-order valence-corrected chi connectivity index (χ4v) is 3.54. The van der Waals surface area contributed by atoms with Crippen molar-refractivity contribution in [2.24, 2.45) is 0 Å². The molecule has 0 aliphatic heterocycles. The van der Waals surface area contributed by atoms with E-state index in [4.69, 9.17) is 4.42 Å². The van der Waals surface area contributed by atoms with E-state index in [1.807, 2.05) is 43.5 Å². The van der Waals surface area contributed by atoms with Crippen molar-refractivity contribution in [1.29, 1.82) is 0 Å². The lowest BCUT2D eigenvalue weighted by Crippen LogP contribution is -2.24. The minimum atomic E-state index is -0.317. The van der Waals surface area contributed by atoms with Gasteiger partial charge in [0.05, 0.1) is 18.6 Å². The van der Waals surface area contributed by atoms with Crippen LogP contribution in [0.4, 0.5) is 5.69 Å². The van der Waals surface area contributed by atoms with Crippen molar-refractivity contribution >= 4 is 29.3 Å². The molecule has 0 unspecified atom stereocenters. The number of hydrogen-bond acceptors (Lipinski definition) is 6. The van der Waals surface area contributed by atoms with Crippen LogP contribution in [0.15, 0.2) is 46.2 Å². The number of carbonyl (C=O) groups is 2. The van der Waals surface area contributed by atoms with E-state index in [1.54, 1.807) is 12.1 Å². The lowest BCUT2D eigenvalue weighted by molar-refractivity contribution is -0.113. The monoisotopic (exact) mass is 413 g/mol. The van der Waals surface area contributed by atoms with Gasteiger partial charge in [-0.1, -0.05) is 23.9 Å². The maximum atomic E-state index is 12.3. The van der Waals surface area contributed by atoms with Gasteiger partial charge >= 0.3 is 0 Å². The third kappa shape index (κ3) is 5.26. The van der Waals surface area contributed by atoms with Crippen LogP contribution < -0.4 is 10.6 Å². The first-order chi connectivity index (χ1) is 14.0. The summed E-state index contributed by atoms with van der Waals surface area (Å²) in [6.07, 6.45) is 1.45. The predicted molar refractivity (Wildman–Crippen MR) is 111 cm³/mol. The molecule has 2 heterocycles. The number of carbonyl (C=O) groups excluding carboxylic acids is 2. The first-order valence-corrected chi connectivity index (χ1v) is 10.2. The van der Waals surface area contributed by atoms with Crippen molar-refractivity contribution in [3.63, 3.8) is 0 Å². The number of hydrogen-bond donors (Lipinski definition) is 2. The van der Waals surface area contributed by atoms with Crippen molar-refractivity contribution in [3.8, 4) is 0 Å². The third-order valence-electron chi connectivity index (χ3n) is 4.26. The third-order valence-corrected chi connectivity index (χ3v) is 5.23. The second-order valence-electron chi connectivity index (χ2n) is 6.46. The number of thioether (sulfide) groups is 1. The second kappa shape index (κ2) is 9.42. The summed E-state index contributed by atoms with van der Waals surface area (Å²) in [6, 6.07) is 9.19. The fraction of sp³-hybridized carbons (Fsp3) is 0.300. The van der Waals surface area contributed by atoms with Gasteiger partial charge in [-0.3, -0.25) is 9.59 Å². The van der Waals surface area contributed by atoms with E-state index in [0.717, 1.165) is 16.8 Å². The van der Waals surface area contributed by atoms with Gasteiger partial charge in [0, 0.05) is 12.2 Å². The van der Waals surface area contributed by atoms with Crippen LogP contribution in [0.3, 0.4) is 0 Å². The second-order valence-corrected chi connectivity index (χ2v) is 7.40. The van der Waals surface area contributed by atoms with Crippen molar-refractivity contribution in [1.82, 2.24) is 20.1 Å². The van der Waals surface area contributed by atoms with Crippen LogP contribution in [0.5, 0.6) is 0 Å². The lowest BCUT2D eigenvalue weighted by atomic mass is 10.1. The van der Waals surface area contributed by atoms with Gasteiger partial charge in [0.1, 0.15) is 0 Å². The summed E-state index contributed by atoms with van der Waals surface area (Å²) in [5.74, 6) is 0.643. The van der Waals surface area contributed by atoms with Crippen LogP contribution >= 0.6 is 11.8 Å². The normalized spacial score (nSPS) is 10.7. The summed E-state index contributed by atoms with van der Waals surface area (Å²) >= 11 is 1.31. The summed E-state index contributed by atoms with van der Waals surface area (Å²) < 4.78 is 6.94. The summed E-state index contributed by atoms with van der Waals surface area (Å²) in [5.41, 5.74) is 2.92. The van der Waals surface area contributed by atoms with Crippen molar-refractivity contribution < 1.29 is 14.0 Å². The molecule has 2 aromatic heterocycles. The molecule has 0 saturated carbocycles. The average Bonchev–Trinajstić information content (AvgIpc) is 3.37. The SMILES string of the molecule is CCn1c(CNC(=O)c2ccco2)nnc1SCC(=O)Nc1cc(C)ccc1C. The fourth-order valence-electron chi connectivity index (χ4n) is 2.72. The van der Waals surface area contributed by atoms with Crippen LogP contribution in [-0.2, 0) is 17.9 Å². The van der Waals surface area contributed by atoms with Gasteiger partial charge in [0.25, 0.3) is 5.91 Å². The van der Waals surface area contributed by atoms with Crippen LogP contribution in [0.1, 0.15) is 34.4 Å². The Morgan fingerprint density at radius 3 is 2.76 bits per heavy atom. The lowest BCUT2D eigenvalue weighted by Gasteiger charge is -2.10. The van der Waals surface area contributed by atoms with E-state index in [9.17, 15) is 9.59 Å². The highest BCUT2D eigenvalue weighted by atomic mass is 32.2. The van der Waals surface area contributed by atoms with Crippen LogP contribution in [-0.4, -0.2) is 32.3 Å². The van der Waals surface area contributed by atoms with Crippen molar-refractivity contribution in [2.75, 3.05) is 11.1 Å². The molecule has 29 heavy (non-hydrogen) atoms. The van der Waals surface area contributed by atoms with E-state index in [1.165, 1.54) is 18.0 Å². The standard InChI is InChI=1S/C20H23N5O3S/c1-4-25-17(11-21-19(27)16-6-5-9-28-16)23-24-20(25)29-12-18(26)22-15-10-13(2)7-8-14(15)3/h5-10H,4,11-12H2,1-3H3,(H,21,27)(H,22,26). The largest absolute Gasteiger partial charge is 0.459 e. The first-order valence-electron chi connectivity index (χ1n) is 9.21. The van der Waals surface area contributed by atoms with E-state index >= 15 is 0 Å². The number of rotatable bonds is 8. The Balaban J connectivity index is 1.57. The molecule has 8 nitrogen and oxygen atoms in total. The summed E-state index contributed by atoms with van der Waals surface area (Å²) in [7, 11) is 0. The van der Waals surface area contributed by atoms with Gasteiger partial charge in [-0.15, -0.1) is 10.2 Å². The molecule has 152 valence electrons. The van der Waals surface area contributed by atoms with Gasteiger partial charge in [-0.05, 0) is 50.1 Å². The number of aromatic nitrogens is 3. The van der Waals surface area contributed by atoms with Gasteiger partial charge in [-0.2, -0.15) is 0 Å². The van der Waals surface area contributed by atoms with Gasteiger partial charge in [0.15, 0.2) is 16.7 Å². The molecule has 0 radical (unpaired) electrons. The molecule has 0 bridgehead atoms. The molecule has 2 N–H and O–H groups in total. The maximum absolute atomic E-state index is 12.3. The van der Waals surface area contributed by atoms with Crippen LogP contribution in [0, 0.1) is 13.8 Å². The van der Waals surface area contributed by atoms with Crippen molar-refractivity contribution in [3.05, 3.63) is 59.3 Å². The molecule has 9 heteroatoms. The molecule has 0 fully saturated rings. The number of benzene rings is 1. The Morgan fingerprint density at radius 2 is 2.03 bits per heavy atom. The zero-order valence-corrected chi connectivity index (χ0v) is 17.4. The molecule has 1 aromatic carbocycles. The maximum Gasteiger partial charge on any atom is 0.287 e. The summed E-state index contributed by atoms with van der Waals surface area (Å²) in [4.78, 5) is 24.4. The van der Waals surface area contributed by atoms with Gasteiger partial charge in [-0.25, -0.2) is 0 Å². The molecule has 0 atom stereocenters.